The molecule has 17 heteroatoms. The molecule has 408 valence electrons. The summed E-state index contributed by atoms with van der Waals surface area (Å²) in [6.45, 7) is 22.1. The summed E-state index contributed by atoms with van der Waals surface area (Å²) in [6, 6.07) is 24.6. The lowest BCUT2D eigenvalue weighted by Crippen LogP contribution is -2.36. The van der Waals surface area contributed by atoms with E-state index in [-0.39, 0.29) is 56.2 Å². The summed E-state index contributed by atoms with van der Waals surface area (Å²) in [5.41, 5.74) is 4.63. The van der Waals surface area contributed by atoms with Crippen molar-refractivity contribution in [1.82, 2.24) is 29.3 Å². The maximum Gasteiger partial charge on any atom is 0.289 e. The molecule has 3 heterocycles. The van der Waals surface area contributed by atoms with Crippen LogP contribution in [0.15, 0.2) is 111 Å². The normalized spacial score (nSPS) is 11.6. The Morgan fingerprint density at radius 3 is 1.21 bits per heavy atom. The molecule has 3 aromatic carbocycles. The van der Waals surface area contributed by atoms with Gasteiger partial charge in [0.25, 0.3) is 16.7 Å². The van der Waals surface area contributed by atoms with Crippen LogP contribution in [0.1, 0.15) is 148 Å². The first-order chi connectivity index (χ1) is 35.5. The summed E-state index contributed by atoms with van der Waals surface area (Å²) in [7, 11) is 0. The summed E-state index contributed by atoms with van der Waals surface area (Å²) in [5.74, 6) is 1.34. The van der Waals surface area contributed by atoms with Crippen LogP contribution in [0.3, 0.4) is 0 Å². The number of aryl methyl sites for hydroxylation is 2. The highest BCUT2D eigenvalue weighted by molar-refractivity contribution is 7.98. The molecule has 0 fully saturated rings. The van der Waals surface area contributed by atoms with Crippen LogP contribution < -0.4 is 26.2 Å². The maximum atomic E-state index is 12.4. The number of nitrogens with zero attached hydrogens (tertiary/aromatic N) is 6. The topological polar surface area (TPSA) is 132 Å². The fourth-order valence-corrected chi connectivity index (χ4v) is 8.72. The lowest BCUT2D eigenvalue weighted by atomic mass is 10.1. The molecule has 0 aliphatic carbocycles. The SMILES string of the molecule is CC(C)(C)n1ncc(OCc2ccc(COCC[18F])cc2)c(Cl)c1=O.CCCCCc1ccc(COc2cnn(C(C)(C)C)c(=O)c2Cl)cc1.CCCCCc1ccc(CSc2cnn(C(C)(C)C)c(=O)c2Cl)cc1. The minimum Gasteiger partial charge on any atom is -0.485 e. The largest absolute Gasteiger partial charge is 0.485 e. The summed E-state index contributed by atoms with van der Waals surface area (Å²) in [4.78, 5) is 37.7. The monoisotopic (exact) mass is 1110 g/mol. The van der Waals surface area contributed by atoms with Crippen LogP contribution in [0.25, 0.3) is 0 Å². The van der Waals surface area contributed by atoms with Crippen molar-refractivity contribution >= 4 is 46.6 Å². The molecule has 3 aromatic heterocycles. The fraction of sp³-hybridized carbons (Fsp3) is 0.483. The Morgan fingerprint density at radius 1 is 0.493 bits per heavy atom. The first-order valence-corrected chi connectivity index (χ1v) is 27.7. The number of ether oxygens (including phenoxy) is 3. The van der Waals surface area contributed by atoms with Gasteiger partial charge in [-0.25, -0.2) is 18.4 Å². The second kappa shape index (κ2) is 30.1. The van der Waals surface area contributed by atoms with E-state index in [1.54, 1.807) is 18.0 Å². The van der Waals surface area contributed by atoms with E-state index in [1.165, 1.54) is 81.7 Å². The maximum absolute atomic E-state index is 12.4. The lowest BCUT2D eigenvalue weighted by Gasteiger charge is -2.21. The van der Waals surface area contributed by atoms with Crippen molar-refractivity contribution in [1.29, 1.82) is 0 Å². The van der Waals surface area contributed by atoms with Crippen molar-refractivity contribution in [2.24, 2.45) is 0 Å². The number of halogens is 4. The Morgan fingerprint density at radius 2 is 0.840 bits per heavy atom. The van der Waals surface area contributed by atoms with Crippen LogP contribution in [0.5, 0.6) is 11.5 Å². The molecule has 0 radical (unpaired) electrons. The van der Waals surface area contributed by atoms with Crippen LogP contribution in [0.2, 0.25) is 15.1 Å². The van der Waals surface area contributed by atoms with Gasteiger partial charge in [0.15, 0.2) is 21.5 Å². The number of rotatable bonds is 21. The van der Waals surface area contributed by atoms with E-state index < -0.39 is 17.8 Å². The number of aromatic nitrogens is 6. The highest BCUT2D eigenvalue weighted by Gasteiger charge is 2.22. The number of benzene rings is 3. The molecular formula is C58H76Cl3FN6O6S. The van der Waals surface area contributed by atoms with Crippen molar-refractivity contribution in [2.75, 3.05) is 13.3 Å². The van der Waals surface area contributed by atoms with Gasteiger partial charge in [-0.3, -0.25) is 14.4 Å². The Kier molecular flexibility index (Phi) is 25.1. The van der Waals surface area contributed by atoms with Crippen molar-refractivity contribution in [3.8, 4) is 11.5 Å². The summed E-state index contributed by atoms with van der Waals surface area (Å²) < 4.78 is 32.6. The molecule has 0 aliphatic rings. The van der Waals surface area contributed by atoms with Gasteiger partial charge in [0.2, 0.25) is 0 Å². The van der Waals surface area contributed by atoms with Crippen LogP contribution in [-0.4, -0.2) is 42.6 Å². The van der Waals surface area contributed by atoms with Gasteiger partial charge in [-0.15, -0.1) is 11.8 Å². The Balaban J connectivity index is 0.000000243. The molecule has 0 aliphatic heterocycles. The predicted molar refractivity (Wildman–Crippen MR) is 305 cm³/mol. The molecule has 0 unspecified atom stereocenters. The number of alkyl halides is 1. The molecule has 0 saturated heterocycles. The van der Waals surface area contributed by atoms with Gasteiger partial charge in [-0.2, -0.15) is 15.3 Å². The van der Waals surface area contributed by atoms with Gasteiger partial charge in [-0.1, -0.05) is 147 Å². The highest BCUT2D eigenvalue weighted by atomic mass is 35.5. The Labute approximate surface area is 462 Å². The lowest BCUT2D eigenvalue weighted by molar-refractivity contribution is 0.106. The fourth-order valence-electron chi connectivity index (χ4n) is 7.21. The third kappa shape index (κ3) is 20.2. The van der Waals surface area contributed by atoms with E-state index in [4.69, 9.17) is 49.0 Å². The van der Waals surface area contributed by atoms with Gasteiger partial charge in [-0.05, 0) is 121 Å². The minimum absolute atomic E-state index is 0.0150. The van der Waals surface area contributed by atoms with E-state index >= 15 is 0 Å². The zero-order valence-electron chi connectivity index (χ0n) is 45.6. The van der Waals surface area contributed by atoms with Crippen LogP contribution in [0, 0.1) is 0 Å². The molecule has 0 atom stereocenters. The zero-order valence-corrected chi connectivity index (χ0v) is 48.7. The van der Waals surface area contributed by atoms with E-state index in [9.17, 15) is 18.8 Å². The molecule has 75 heavy (non-hydrogen) atoms. The summed E-state index contributed by atoms with van der Waals surface area (Å²) in [6.07, 6.45) is 14.4. The second-order valence-electron chi connectivity index (χ2n) is 21.1. The van der Waals surface area contributed by atoms with Crippen LogP contribution in [-0.2, 0) is 59.8 Å². The average molecular weight is 1110 g/mol. The van der Waals surface area contributed by atoms with Gasteiger partial charge in [0.05, 0.1) is 53.3 Å². The molecule has 6 aromatic rings. The number of unbranched alkanes of at least 4 members (excludes halogenated alkanes) is 4. The van der Waals surface area contributed by atoms with Crippen molar-refractivity contribution in [3.05, 3.63) is 171 Å². The average Bonchev–Trinajstić information content (AvgIpc) is 3.36. The zero-order chi connectivity index (χ0) is 55.3. The Hall–Kier alpha value is -4.99. The van der Waals surface area contributed by atoms with E-state index in [0.29, 0.717) is 19.0 Å². The van der Waals surface area contributed by atoms with Crippen LogP contribution in [0.4, 0.5) is 4.39 Å². The molecule has 0 amide bonds. The van der Waals surface area contributed by atoms with E-state index in [2.05, 4.69) is 77.7 Å². The van der Waals surface area contributed by atoms with Crippen molar-refractivity contribution in [3.63, 3.8) is 0 Å². The summed E-state index contributed by atoms with van der Waals surface area (Å²) >= 11 is 20.1. The van der Waals surface area contributed by atoms with Gasteiger partial charge >= 0.3 is 0 Å². The number of hydrogen-bond acceptors (Lipinski definition) is 10. The molecular weight excluding hydrogens is 1030 g/mol. The molecule has 0 bridgehead atoms. The number of hydrogen-bond donors (Lipinski definition) is 0. The summed E-state index contributed by atoms with van der Waals surface area (Å²) in [5, 5.41) is 12.9. The van der Waals surface area contributed by atoms with Crippen molar-refractivity contribution in [2.45, 2.75) is 175 Å². The third-order valence-electron chi connectivity index (χ3n) is 11.4. The third-order valence-corrected chi connectivity index (χ3v) is 13.7. The van der Waals surface area contributed by atoms with E-state index in [1.807, 2.05) is 86.6 Å². The molecule has 0 spiro atoms. The second-order valence-corrected chi connectivity index (χ2v) is 23.3. The first kappa shape index (κ1) is 62.5. The van der Waals surface area contributed by atoms with Gasteiger partial charge < -0.3 is 14.2 Å². The van der Waals surface area contributed by atoms with Gasteiger partial charge in [0, 0.05) is 5.75 Å². The molecule has 6 rings (SSSR count). The highest BCUT2D eigenvalue weighted by Crippen LogP contribution is 2.28. The minimum atomic E-state index is -0.491. The molecule has 0 N–H and O–H groups in total. The standard InChI is InChI=1S/C20H27ClN2O2.C20H27ClN2OS.C18H22ClFN2O3/c2*1-5-6-7-8-15-9-11-16(12-10-15)14-25-17-13-22-23(20(2,3)4)19(24)18(17)21;1-18(2,3)22-17(23)16(19)15(10-21-22)25-12-14-6-4-13(5-7-14)11-24-9-8-20/h2*9-13H,5-8,14H2,1-4H3;4-7,10H,8-9,11-12H2,1-3H3/i;;20-1. The molecule has 0 saturated carbocycles. The van der Waals surface area contributed by atoms with Crippen molar-refractivity contribution < 1.29 is 18.6 Å². The predicted octanol–water partition coefficient (Wildman–Crippen LogP) is 14.4. The van der Waals surface area contributed by atoms with Gasteiger partial charge in [0.1, 0.15) is 24.9 Å². The smallest absolute Gasteiger partial charge is 0.289 e. The number of thioether (sulfide) groups is 1. The molecule has 12 nitrogen and oxygen atoms in total. The quantitative estimate of drug-likeness (QED) is 0.0507. The Bertz CT molecular complexity index is 2560. The van der Waals surface area contributed by atoms with E-state index in [0.717, 1.165) is 40.2 Å². The first-order valence-electron chi connectivity index (χ1n) is 25.6. The van der Waals surface area contributed by atoms with Crippen LogP contribution >= 0.6 is 46.6 Å².